The molecule has 1 amide bonds. The lowest BCUT2D eigenvalue weighted by atomic mass is 10.1. The Morgan fingerprint density at radius 1 is 1.15 bits per heavy atom. The van der Waals surface area contributed by atoms with Gasteiger partial charge in [0.15, 0.2) is 0 Å². The van der Waals surface area contributed by atoms with Crippen molar-refractivity contribution in [2.45, 2.75) is 88.8 Å². The third-order valence-corrected chi connectivity index (χ3v) is 14.1. The third-order valence-electron chi connectivity index (χ3n) is 6.93. The van der Waals surface area contributed by atoms with Gasteiger partial charge in [-0.2, -0.15) is 4.98 Å². The Hall–Kier alpha value is -2.51. The highest BCUT2D eigenvalue weighted by atomic mass is 32.2. The molecule has 0 bridgehead atoms. The molecule has 10 heteroatoms. The van der Waals surface area contributed by atoms with E-state index in [-0.39, 0.29) is 34.9 Å². The second-order valence-electron chi connectivity index (χ2n) is 10.1. The predicted octanol–water partition coefficient (Wildman–Crippen LogP) is 3.04. The largest absolute Gasteiger partial charge is 0.352 e. The SMILES string of the molecule is CC(C)[Si](C#Cc1cc(=O)n(C[C@@H]2CCC(=O)N2)c2nc(S(C)(=O)=O)ncc12)(C(C)C)C(C)C. The molecule has 1 N–H and O–H groups in total. The molecular weight excluding hydrogens is 468 g/mol. The van der Waals surface area contributed by atoms with E-state index in [0.29, 0.717) is 40.4 Å². The van der Waals surface area contributed by atoms with Crippen LogP contribution in [0.1, 0.15) is 59.9 Å². The van der Waals surface area contributed by atoms with Crippen LogP contribution in [0.3, 0.4) is 0 Å². The van der Waals surface area contributed by atoms with Gasteiger partial charge in [0.05, 0.1) is 5.39 Å². The Kier molecular flexibility index (Phi) is 7.39. The first kappa shape index (κ1) is 26.1. The average Bonchev–Trinajstić information content (AvgIpc) is 3.14. The minimum Gasteiger partial charge on any atom is -0.352 e. The molecule has 1 saturated heterocycles. The maximum absolute atomic E-state index is 13.2. The van der Waals surface area contributed by atoms with Crippen LogP contribution in [0.5, 0.6) is 0 Å². The molecule has 1 aliphatic rings. The molecular formula is C24H34N4O4SSi. The van der Waals surface area contributed by atoms with Crippen molar-refractivity contribution in [3.8, 4) is 11.5 Å². The Morgan fingerprint density at radius 3 is 2.26 bits per heavy atom. The summed E-state index contributed by atoms with van der Waals surface area (Å²) < 4.78 is 25.7. The van der Waals surface area contributed by atoms with Crippen LogP contribution in [0.15, 0.2) is 22.2 Å². The first-order valence-corrected chi connectivity index (χ1v) is 15.8. The maximum Gasteiger partial charge on any atom is 0.253 e. The van der Waals surface area contributed by atoms with E-state index in [9.17, 15) is 18.0 Å². The topological polar surface area (TPSA) is 111 Å². The van der Waals surface area contributed by atoms with Gasteiger partial charge in [-0.1, -0.05) is 47.5 Å². The Balaban J connectivity index is 2.26. The summed E-state index contributed by atoms with van der Waals surface area (Å²) in [4.78, 5) is 33.2. The van der Waals surface area contributed by atoms with Crippen LogP contribution in [0.25, 0.3) is 11.0 Å². The number of rotatable bonds is 6. The number of hydrogen-bond donors (Lipinski definition) is 1. The summed E-state index contributed by atoms with van der Waals surface area (Å²) in [6, 6.07) is 1.26. The van der Waals surface area contributed by atoms with Crippen LogP contribution in [-0.4, -0.2) is 49.2 Å². The van der Waals surface area contributed by atoms with Gasteiger partial charge in [0.25, 0.3) is 5.56 Å². The van der Waals surface area contributed by atoms with Crippen molar-refractivity contribution in [3.05, 3.63) is 28.2 Å². The van der Waals surface area contributed by atoms with Crippen molar-refractivity contribution in [1.82, 2.24) is 19.9 Å². The molecule has 0 unspecified atom stereocenters. The molecule has 2 aromatic heterocycles. The van der Waals surface area contributed by atoms with E-state index in [2.05, 4.69) is 68.3 Å². The fourth-order valence-electron chi connectivity index (χ4n) is 5.24. The first-order chi connectivity index (χ1) is 15.8. The van der Waals surface area contributed by atoms with Gasteiger partial charge in [0, 0.05) is 43.1 Å². The number of pyridine rings is 1. The van der Waals surface area contributed by atoms with Gasteiger partial charge < -0.3 is 5.32 Å². The van der Waals surface area contributed by atoms with E-state index < -0.39 is 17.9 Å². The zero-order valence-corrected chi connectivity index (χ0v) is 22.8. The molecule has 184 valence electrons. The monoisotopic (exact) mass is 502 g/mol. The van der Waals surface area contributed by atoms with Crippen molar-refractivity contribution in [1.29, 1.82) is 0 Å². The smallest absolute Gasteiger partial charge is 0.253 e. The third kappa shape index (κ3) is 4.96. The van der Waals surface area contributed by atoms with Crippen LogP contribution >= 0.6 is 0 Å². The van der Waals surface area contributed by atoms with E-state index in [1.807, 2.05) is 0 Å². The molecule has 2 aromatic rings. The highest BCUT2D eigenvalue weighted by Crippen LogP contribution is 2.40. The summed E-state index contributed by atoms with van der Waals surface area (Å²) in [5.74, 6) is 3.24. The van der Waals surface area contributed by atoms with E-state index in [1.54, 1.807) is 0 Å². The predicted molar refractivity (Wildman–Crippen MR) is 136 cm³/mol. The van der Waals surface area contributed by atoms with Crippen LogP contribution in [0.2, 0.25) is 16.6 Å². The van der Waals surface area contributed by atoms with E-state index in [4.69, 9.17) is 0 Å². The lowest BCUT2D eigenvalue weighted by Crippen LogP contribution is -2.43. The number of carbonyl (C=O) groups excluding carboxylic acids is 1. The number of carbonyl (C=O) groups is 1. The highest BCUT2D eigenvalue weighted by molar-refractivity contribution is 7.90. The van der Waals surface area contributed by atoms with Gasteiger partial charge in [-0.25, -0.2) is 13.4 Å². The molecule has 34 heavy (non-hydrogen) atoms. The quantitative estimate of drug-likeness (QED) is 0.369. The molecule has 0 aliphatic carbocycles. The van der Waals surface area contributed by atoms with Gasteiger partial charge >= 0.3 is 0 Å². The molecule has 1 atom stereocenters. The highest BCUT2D eigenvalue weighted by Gasteiger charge is 2.41. The molecule has 3 rings (SSSR count). The number of fused-ring (bicyclic) bond motifs is 1. The van der Waals surface area contributed by atoms with Crippen LogP contribution in [0.4, 0.5) is 0 Å². The summed E-state index contributed by atoms with van der Waals surface area (Å²) in [6.07, 6.45) is 3.47. The van der Waals surface area contributed by atoms with Crippen molar-refractivity contribution < 1.29 is 13.2 Å². The molecule has 0 radical (unpaired) electrons. The number of sulfone groups is 1. The molecule has 8 nitrogen and oxygen atoms in total. The number of nitrogens with zero attached hydrogens (tertiary/aromatic N) is 3. The van der Waals surface area contributed by atoms with E-state index in [1.165, 1.54) is 16.8 Å². The standard InChI is InChI=1S/C24H34N4O4SSi/c1-15(2)34(16(3)4,17(5)6)11-10-18-12-22(30)28(14-19-8-9-21(29)26-19)23-20(18)13-25-24(27-23)33(7,31)32/h12-13,15-17,19H,8-9,14H2,1-7H3,(H,26,29)/t19-/m0/s1. The molecule has 1 aliphatic heterocycles. The van der Waals surface area contributed by atoms with Crippen LogP contribution in [0, 0.1) is 11.5 Å². The van der Waals surface area contributed by atoms with Gasteiger partial charge in [0.1, 0.15) is 13.7 Å². The number of nitrogens with one attached hydrogen (secondary N) is 1. The molecule has 0 aromatic carbocycles. The first-order valence-electron chi connectivity index (χ1n) is 11.7. The molecule has 1 fully saturated rings. The van der Waals surface area contributed by atoms with Crippen molar-refractivity contribution in [3.63, 3.8) is 0 Å². The number of amides is 1. The van der Waals surface area contributed by atoms with Gasteiger partial charge in [-0.15, -0.1) is 5.54 Å². The minimum absolute atomic E-state index is 0.0614. The zero-order chi connectivity index (χ0) is 25.4. The Labute approximate surface area is 202 Å². The minimum atomic E-state index is -3.68. The number of hydrogen-bond acceptors (Lipinski definition) is 6. The fourth-order valence-corrected chi connectivity index (χ4v) is 11.0. The average molecular weight is 503 g/mol. The summed E-state index contributed by atoms with van der Waals surface area (Å²) in [7, 11) is -5.74. The van der Waals surface area contributed by atoms with E-state index >= 15 is 0 Å². The second kappa shape index (κ2) is 9.62. The summed E-state index contributed by atoms with van der Waals surface area (Å²) in [6.45, 7) is 13.5. The molecule has 3 heterocycles. The summed E-state index contributed by atoms with van der Waals surface area (Å²) in [5, 5.41) is 3.04. The van der Waals surface area contributed by atoms with Crippen molar-refractivity contribution >= 4 is 34.9 Å². The normalized spacial score (nSPS) is 16.9. The lowest BCUT2D eigenvalue weighted by Gasteiger charge is -2.38. The summed E-state index contributed by atoms with van der Waals surface area (Å²) >= 11 is 0. The fraction of sp³-hybridized carbons (Fsp3) is 0.583. The van der Waals surface area contributed by atoms with Crippen molar-refractivity contribution in [2.75, 3.05) is 6.26 Å². The van der Waals surface area contributed by atoms with Crippen LogP contribution < -0.4 is 10.9 Å². The van der Waals surface area contributed by atoms with Gasteiger partial charge in [-0.3, -0.25) is 14.2 Å². The van der Waals surface area contributed by atoms with Gasteiger partial charge in [0.2, 0.25) is 20.9 Å². The van der Waals surface area contributed by atoms with Gasteiger partial charge in [-0.05, 0) is 23.0 Å². The van der Waals surface area contributed by atoms with Crippen LogP contribution in [-0.2, 0) is 21.2 Å². The zero-order valence-electron chi connectivity index (χ0n) is 21.0. The molecule has 0 saturated carbocycles. The number of aromatic nitrogens is 3. The Morgan fingerprint density at radius 2 is 1.76 bits per heavy atom. The lowest BCUT2D eigenvalue weighted by molar-refractivity contribution is -0.119. The van der Waals surface area contributed by atoms with Crippen molar-refractivity contribution in [2.24, 2.45) is 0 Å². The summed E-state index contributed by atoms with van der Waals surface area (Å²) in [5.41, 5.74) is 5.28. The molecule has 0 spiro atoms. The Bertz CT molecular complexity index is 1310. The second-order valence-corrected chi connectivity index (χ2v) is 17.6. The maximum atomic E-state index is 13.2. The van der Waals surface area contributed by atoms with E-state index in [0.717, 1.165) is 6.26 Å².